The third-order valence-electron chi connectivity index (χ3n) is 13.5. The van der Waals surface area contributed by atoms with Crippen molar-refractivity contribution in [2.45, 2.75) is 320 Å². The average Bonchev–Trinajstić information content (AvgIpc) is 3.27. The highest BCUT2D eigenvalue weighted by molar-refractivity contribution is 5.76. The van der Waals surface area contributed by atoms with E-state index in [1.165, 1.54) is 212 Å². The minimum Gasteiger partial charge on any atom is -0.394 e. The van der Waals surface area contributed by atoms with Crippen molar-refractivity contribution in [1.82, 2.24) is 5.32 Å². The molecule has 1 amide bonds. The van der Waals surface area contributed by atoms with Crippen molar-refractivity contribution in [3.63, 3.8) is 0 Å². The van der Waals surface area contributed by atoms with Crippen LogP contribution in [-0.2, 0) is 14.3 Å². The van der Waals surface area contributed by atoms with Crippen molar-refractivity contribution in [2.75, 3.05) is 13.2 Å². The fraction of sp³-hybridized carbons (Fsp3) is 0.981. The van der Waals surface area contributed by atoms with E-state index in [9.17, 15) is 30.3 Å². The number of carbonyl (C=O) groups is 1. The van der Waals surface area contributed by atoms with Crippen LogP contribution in [0, 0.1) is 0 Å². The van der Waals surface area contributed by atoms with Crippen LogP contribution in [0.3, 0.4) is 0 Å². The van der Waals surface area contributed by atoms with Gasteiger partial charge in [0.05, 0.1) is 25.4 Å². The summed E-state index contributed by atoms with van der Waals surface area (Å²) in [6, 6.07) is -0.712. The highest BCUT2D eigenvalue weighted by Crippen LogP contribution is 2.23. The summed E-state index contributed by atoms with van der Waals surface area (Å²) in [5.74, 6) is -0.139. The maximum Gasteiger partial charge on any atom is 0.220 e. The van der Waals surface area contributed by atoms with Crippen molar-refractivity contribution in [3.05, 3.63) is 0 Å². The third-order valence-corrected chi connectivity index (χ3v) is 13.5. The fourth-order valence-electron chi connectivity index (χ4n) is 9.11. The van der Waals surface area contributed by atoms with Gasteiger partial charge in [0.25, 0.3) is 0 Å². The maximum atomic E-state index is 13.0. The van der Waals surface area contributed by atoms with Gasteiger partial charge in [-0.1, -0.05) is 258 Å². The Labute approximate surface area is 383 Å². The second-order valence-corrected chi connectivity index (χ2v) is 19.4. The first kappa shape index (κ1) is 59.2. The first-order chi connectivity index (χ1) is 30.3. The molecule has 0 aliphatic carbocycles. The molecule has 7 unspecified atom stereocenters. The van der Waals surface area contributed by atoms with E-state index in [0.717, 1.165) is 38.5 Å². The van der Waals surface area contributed by atoms with Gasteiger partial charge in [-0.05, 0) is 12.8 Å². The number of amides is 1. The summed E-state index contributed by atoms with van der Waals surface area (Å²) < 4.78 is 11.3. The molecule has 0 aromatic carbocycles. The Bertz CT molecular complexity index is 939. The van der Waals surface area contributed by atoms with Crippen molar-refractivity contribution >= 4 is 5.91 Å². The highest BCUT2D eigenvalue weighted by atomic mass is 16.7. The molecule has 1 fully saturated rings. The van der Waals surface area contributed by atoms with Crippen LogP contribution in [-0.4, -0.2) is 87.5 Å². The Kier molecular flexibility index (Phi) is 42.1. The normalized spacial score (nSPS) is 20.1. The van der Waals surface area contributed by atoms with E-state index in [-0.39, 0.29) is 12.5 Å². The van der Waals surface area contributed by atoms with Crippen molar-refractivity contribution in [1.29, 1.82) is 0 Å². The van der Waals surface area contributed by atoms with E-state index in [0.29, 0.717) is 12.8 Å². The average molecular weight is 884 g/mol. The van der Waals surface area contributed by atoms with Gasteiger partial charge in [0.15, 0.2) is 6.29 Å². The topological polar surface area (TPSA) is 149 Å². The second kappa shape index (κ2) is 44.0. The molecule has 0 aromatic rings. The molecule has 0 saturated carbocycles. The smallest absolute Gasteiger partial charge is 0.220 e. The molecule has 9 heteroatoms. The predicted molar refractivity (Wildman–Crippen MR) is 258 cm³/mol. The van der Waals surface area contributed by atoms with Crippen LogP contribution >= 0.6 is 0 Å². The maximum absolute atomic E-state index is 13.0. The van der Waals surface area contributed by atoms with Crippen LogP contribution in [0.2, 0.25) is 0 Å². The number of hydrogen-bond acceptors (Lipinski definition) is 8. The molecule has 1 aliphatic heterocycles. The van der Waals surface area contributed by atoms with Crippen LogP contribution < -0.4 is 5.32 Å². The SMILES string of the molecule is CCCCCCCCCCCCCCCCCCCCCCCCCCCCC(O)C(COC1OC(CO)C(O)C(O)C1O)NC(=O)CCCCCCCCCCCCCCC. The lowest BCUT2D eigenvalue weighted by atomic mass is 9.99. The van der Waals surface area contributed by atoms with Crippen LogP contribution in [0.5, 0.6) is 0 Å². The lowest BCUT2D eigenvalue weighted by Gasteiger charge is -2.40. The van der Waals surface area contributed by atoms with Gasteiger partial charge >= 0.3 is 0 Å². The number of rotatable bonds is 47. The number of aliphatic hydroxyl groups is 5. The predicted octanol–water partition coefficient (Wildman–Crippen LogP) is 12.7. The van der Waals surface area contributed by atoms with Gasteiger partial charge in [-0.3, -0.25) is 4.79 Å². The van der Waals surface area contributed by atoms with Gasteiger partial charge in [-0.2, -0.15) is 0 Å². The standard InChI is InChI=1S/C53H105NO8/c1-3-5-7-9-11-13-15-17-18-19-20-21-22-23-24-25-26-27-28-29-31-32-34-36-38-40-42-47(56)46(45-61-53-52(60)51(59)50(58)48(44-55)62-53)54-49(57)43-41-39-37-35-33-30-16-14-12-10-8-6-4-2/h46-48,50-53,55-56,58-60H,3-45H2,1-2H3,(H,54,57). The first-order valence-corrected chi connectivity index (χ1v) is 27.2. The lowest BCUT2D eigenvalue weighted by molar-refractivity contribution is -0.302. The summed E-state index contributed by atoms with van der Waals surface area (Å²) >= 11 is 0. The van der Waals surface area contributed by atoms with Gasteiger partial charge in [0, 0.05) is 6.42 Å². The summed E-state index contributed by atoms with van der Waals surface area (Å²) in [6.07, 6.45) is 44.2. The molecular weight excluding hydrogens is 779 g/mol. The zero-order valence-corrected chi connectivity index (χ0v) is 40.9. The Morgan fingerprint density at radius 2 is 0.806 bits per heavy atom. The lowest BCUT2D eigenvalue weighted by Crippen LogP contribution is -2.60. The van der Waals surface area contributed by atoms with Crippen molar-refractivity contribution < 1.29 is 39.8 Å². The van der Waals surface area contributed by atoms with Crippen molar-refractivity contribution in [2.24, 2.45) is 0 Å². The Balaban J connectivity index is 2.17. The molecule has 1 aliphatic rings. The van der Waals surface area contributed by atoms with E-state index in [1.807, 2.05) is 0 Å². The van der Waals surface area contributed by atoms with Crippen LogP contribution in [0.4, 0.5) is 0 Å². The van der Waals surface area contributed by atoms with Gasteiger partial charge in [-0.25, -0.2) is 0 Å². The Morgan fingerprint density at radius 1 is 0.484 bits per heavy atom. The van der Waals surface area contributed by atoms with Crippen LogP contribution in [0.15, 0.2) is 0 Å². The number of aliphatic hydroxyl groups excluding tert-OH is 5. The summed E-state index contributed by atoms with van der Waals surface area (Å²) in [5.41, 5.74) is 0. The number of unbranched alkanes of at least 4 members (excludes halogenated alkanes) is 37. The minimum atomic E-state index is -1.55. The summed E-state index contributed by atoms with van der Waals surface area (Å²) in [6.45, 7) is 3.87. The molecule has 6 N–H and O–H groups in total. The molecule has 1 rings (SSSR count). The first-order valence-electron chi connectivity index (χ1n) is 27.2. The quantitative estimate of drug-likeness (QED) is 0.0331. The Hall–Kier alpha value is -0.810. The third kappa shape index (κ3) is 33.6. The second-order valence-electron chi connectivity index (χ2n) is 19.4. The van der Waals surface area contributed by atoms with E-state index >= 15 is 0 Å². The van der Waals surface area contributed by atoms with Crippen LogP contribution in [0.25, 0.3) is 0 Å². The molecule has 7 atom stereocenters. The zero-order valence-electron chi connectivity index (χ0n) is 40.9. The van der Waals surface area contributed by atoms with Crippen molar-refractivity contribution in [3.8, 4) is 0 Å². The number of nitrogens with one attached hydrogen (secondary N) is 1. The van der Waals surface area contributed by atoms with E-state index < -0.39 is 49.5 Å². The van der Waals surface area contributed by atoms with Gasteiger partial charge in [0.1, 0.15) is 24.4 Å². The largest absolute Gasteiger partial charge is 0.394 e. The molecule has 0 bridgehead atoms. The van der Waals surface area contributed by atoms with Gasteiger partial charge in [0.2, 0.25) is 5.91 Å². The molecule has 9 nitrogen and oxygen atoms in total. The number of hydrogen-bond donors (Lipinski definition) is 6. The van der Waals surface area contributed by atoms with Gasteiger partial charge < -0.3 is 40.3 Å². The number of carbonyl (C=O) groups excluding carboxylic acids is 1. The highest BCUT2D eigenvalue weighted by Gasteiger charge is 2.44. The minimum absolute atomic E-state index is 0.131. The van der Waals surface area contributed by atoms with E-state index in [2.05, 4.69) is 19.2 Å². The number of ether oxygens (including phenoxy) is 2. The van der Waals surface area contributed by atoms with E-state index in [1.54, 1.807) is 0 Å². The molecule has 1 heterocycles. The monoisotopic (exact) mass is 884 g/mol. The summed E-state index contributed by atoms with van der Waals surface area (Å²) in [4.78, 5) is 13.0. The molecule has 1 saturated heterocycles. The molecule has 0 aromatic heterocycles. The van der Waals surface area contributed by atoms with Gasteiger partial charge in [-0.15, -0.1) is 0 Å². The molecular formula is C53H105NO8. The Morgan fingerprint density at radius 3 is 1.15 bits per heavy atom. The molecule has 0 radical (unpaired) electrons. The molecule has 62 heavy (non-hydrogen) atoms. The summed E-state index contributed by atoms with van der Waals surface area (Å²) in [5, 5.41) is 54.5. The van der Waals surface area contributed by atoms with E-state index in [4.69, 9.17) is 9.47 Å². The van der Waals surface area contributed by atoms with Crippen LogP contribution in [0.1, 0.15) is 277 Å². The molecule has 0 spiro atoms. The summed E-state index contributed by atoms with van der Waals surface area (Å²) in [7, 11) is 0. The molecule has 370 valence electrons. The zero-order chi connectivity index (χ0) is 45.1. The fourth-order valence-corrected chi connectivity index (χ4v) is 9.11.